The Morgan fingerprint density at radius 3 is 0.859 bits per heavy atom. The van der Waals surface area contributed by atoms with Crippen LogP contribution in [-0.2, 0) is 54.3 Å². The Kier molecular flexibility index (Phi) is 56.0. The summed E-state index contributed by atoms with van der Waals surface area (Å²) in [6, 6.07) is 38.1. The Bertz CT molecular complexity index is 4910. The monoisotopic (exact) mass is 2100 g/mol. The van der Waals surface area contributed by atoms with Gasteiger partial charge >= 0.3 is 0 Å². The number of fused-ring (bicyclic) bond motifs is 1. The van der Waals surface area contributed by atoms with E-state index in [1.807, 2.05) is 235 Å². The van der Waals surface area contributed by atoms with Crippen LogP contribution in [0, 0.1) is 52.8 Å². The third-order valence-corrected chi connectivity index (χ3v) is 25.2. The molecule has 30 nitrogen and oxygen atoms in total. The first-order valence-electron chi connectivity index (χ1n) is 51.6. The van der Waals surface area contributed by atoms with Gasteiger partial charge in [-0.05, 0) is 332 Å². The lowest BCUT2D eigenvalue weighted by atomic mass is 9.66. The number of carbonyl (C=O) groups excluding carboxylic acids is 9. The maximum atomic E-state index is 12.7. The second-order valence-electron chi connectivity index (χ2n) is 52.4. The van der Waals surface area contributed by atoms with Crippen molar-refractivity contribution in [3.8, 4) is 11.5 Å². The SMILES string of the molecule is CC(C)(O)C(=O)[C@H](C(C)(C)C)C(C)(C)N.CC(C)(O)C(=O)[C@H](Cc1ccccc1)C(C)(C)N.CC(C)(O)C(=O)[C@H](c1cccc2ccccc12)C(C)(C)N.CC(C)(O)C(=O)[C@H](c1ccccc1)C(C)(C)N.CC(C)OC[C@@H](C(=O)C(C)(C)O)C(C)(C)N.CC(C)[C@@H](C(=O)C(C)(C)O)C(C)(C)N.CCC(C)[C@@H](C(=O)C(C)(C)O)C(C)(C)N.COc1cc(OC)cc([C@@H](C(=O)C(C)(C)O)C(C)(C)N)c1.C[C@@H](C(=O)C(C)(C)O)C(C)(C)N. The van der Waals surface area contributed by atoms with Crippen molar-refractivity contribution >= 4 is 62.8 Å². The summed E-state index contributed by atoms with van der Waals surface area (Å²) < 4.78 is 15.9. The van der Waals surface area contributed by atoms with Crippen LogP contribution in [0.1, 0.15) is 365 Å². The van der Waals surface area contributed by atoms with Gasteiger partial charge < -0.3 is 112 Å². The predicted molar refractivity (Wildman–Crippen MR) is 606 cm³/mol. The van der Waals surface area contributed by atoms with Crippen molar-refractivity contribution in [3.05, 3.63) is 144 Å². The number of benzene rings is 5. The number of aliphatic hydroxyl groups is 9. The predicted octanol–water partition coefficient (Wildman–Crippen LogP) is 15.2. The maximum Gasteiger partial charge on any atom is 0.173 e. The molecule has 149 heavy (non-hydrogen) atoms. The van der Waals surface area contributed by atoms with E-state index in [-0.39, 0.29) is 106 Å². The Morgan fingerprint density at radius 2 is 0.597 bits per heavy atom. The van der Waals surface area contributed by atoms with Gasteiger partial charge in [0.15, 0.2) is 52.0 Å². The molecule has 0 saturated heterocycles. The number of ether oxygens (including phenoxy) is 3. The molecular weight excluding hydrogens is 1890 g/mol. The van der Waals surface area contributed by atoms with Gasteiger partial charge in [0, 0.05) is 85.5 Å². The highest BCUT2D eigenvalue weighted by molar-refractivity contribution is 5.99. The number of ketones is 9. The van der Waals surface area contributed by atoms with Gasteiger partial charge in [0.05, 0.1) is 50.6 Å². The van der Waals surface area contributed by atoms with E-state index in [0.29, 0.717) is 23.5 Å². The summed E-state index contributed by atoms with van der Waals surface area (Å²) in [6.07, 6.45) is 1.47. The van der Waals surface area contributed by atoms with Gasteiger partial charge in [-0.2, -0.15) is 0 Å². The minimum Gasteiger partial charge on any atom is -0.497 e. The van der Waals surface area contributed by atoms with Crippen molar-refractivity contribution in [1.82, 2.24) is 0 Å². The van der Waals surface area contributed by atoms with E-state index in [0.717, 1.165) is 33.9 Å². The molecule has 27 N–H and O–H groups in total. The minimum atomic E-state index is -1.47. The van der Waals surface area contributed by atoms with E-state index in [1.165, 1.54) is 125 Å². The van der Waals surface area contributed by atoms with Gasteiger partial charge in [0.25, 0.3) is 0 Å². The van der Waals surface area contributed by atoms with E-state index in [1.54, 1.807) is 94.7 Å². The molecule has 5 aromatic rings. The zero-order chi connectivity index (χ0) is 120. The lowest BCUT2D eigenvalue weighted by Gasteiger charge is -2.41. The normalized spacial score (nSPS) is 15.1. The van der Waals surface area contributed by atoms with Crippen molar-refractivity contribution in [3.63, 3.8) is 0 Å². The fourth-order valence-electron chi connectivity index (χ4n) is 17.1. The lowest BCUT2D eigenvalue weighted by molar-refractivity contribution is -0.145. The molecule has 0 aliphatic rings. The first kappa shape index (κ1) is 147. The molecule has 0 radical (unpaired) electrons. The van der Waals surface area contributed by atoms with E-state index in [4.69, 9.17) is 65.8 Å². The van der Waals surface area contributed by atoms with Crippen LogP contribution in [0.4, 0.5) is 0 Å². The highest BCUT2D eigenvalue weighted by Gasteiger charge is 2.50. The van der Waals surface area contributed by atoms with E-state index >= 15 is 0 Å². The van der Waals surface area contributed by atoms with Crippen LogP contribution in [0.3, 0.4) is 0 Å². The lowest BCUT2D eigenvalue weighted by Crippen LogP contribution is -2.55. The third kappa shape index (κ3) is 52.4. The van der Waals surface area contributed by atoms with Crippen LogP contribution >= 0.6 is 0 Å². The molecule has 0 amide bonds. The highest BCUT2D eigenvalue weighted by atomic mass is 16.5. The Labute approximate surface area is 897 Å². The number of methoxy groups -OCH3 is 2. The summed E-state index contributed by atoms with van der Waals surface area (Å²) in [5.74, 6) is -4.62. The smallest absolute Gasteiger partial charge is 0.173 e. The molecule has 0 heterocycles. The second kappa shape index (κ2) is 56.6. The van der Waals surface area contributed by atoms with Gasteiger partial charge in [-0.15, -0.1) is 0 Å². The number of hydrogen-bond donors (Lipinski definition) is 18. The molecule has 10 atom stereocenters. The number of Topliss-reactive ketones (excluding diaryl/α,β-unsaturated/α-hetero) is 9. The van der Waals surface area contributed by atoms with Crippen LogP contribution in [0.25, 0.3) is 10.8 Å². The van der Waals surface area contributed by atoms with Crippen molar-refractivity contribution in [1.29, 1.82) is 0 Å². The Hall–Kier alpha value is -7.77. The number of carbonyl (C=O) groups is 9. The Morgan fingerprint density at radius 1 is 0.295 bits per heavy atom. The molecule has 30 heteroatoms. The molecule has 0 aromatic heterocycles. The molecule has 0 spiro atoms. The number of nitrogens with two attached hydrogens (primary N) is 9. The van der Waals surface area contributed by atoms with Crippen molar-refractivity contribution in [2.45, 2.75) is 455 Å². The van der Waals surface area contributed by atoms with Crippen LogP contribution in [0.5, 0.6) is 11.5 Å². The molecule has 0 saturated carbocycles. The van der Waals surface area contributed by atoms with Gasteiger partial charge in [0.2, 0.25) is 0 Å². The molecule has 5 aromatic carbocycles. The van der Waals surface area contributed by atoms with Crippen LogP contribution < -0.4 is 61.1 Å². The van der Waals surface area contributed by atoms with Crippen molar-refractivity contribution in [2.75, 3.05) is 20.8 Å². The highest BCUT2D eigenvalue weighted by Crippen LogP contribution is 2.42. The summed E-state index contributed by atoms with van der Waals surface area (Å²) in [6.45, 7) is 79.1. The standard InChI is InChI=1S/C18H23NO2.C16H25NO4.C15H23NO2.C14H21NO2.C12H25NO3.2C12H25NO2.C11H23NO2.C9H19NO2/c1-17(2,19)15(16(20)18(3,4)21)14-11-7-9-12-8-5-6-10-13(12)14;1-15(2,17)13(14(18)16(3,4)19)10-7-11(20-5)9-12(8-10)21-6;1-14(2,16)12(13(17)15(3,4)18)10-11-8-6-5-7-9-11;1-13(2,15)11(12(16)14(3,4)17)10-8-6-5-7-9-10;1-8(2)16-7-9(11(3,4)13)10(14)12(5,6)15;1-10(2,3)8(11(4,5)13)9(14)12(6,7)15;1-7-8(2)9(11(3,4)13)10(14)12(5,6)15;1-7(2)8(10(3,4)12)9(13)11(5,6)14;1-6(8(2,3)10)7(11)9(4,5)12/h5-11,15,21H,19H2,1-4H3;7-9,13,19H,17H2,1-6H3;5-9,12,18H,10,16H2,1-4H3;5-9,11,17H,15H2,1-4H3;8-9,15H,7,13H2,1-6H3;8,15H,13H2,1-7H3;8-9,15H,7,13H2,1-6H3;7-8,14H,12H2,1-6H3;6,12H,10H2,1-5H3/t15-;13-;12-;11-;9-;8-;8?,9-;8-;6-/m000001000/s1. The number of rotatable bonds is 40. The molecule has 0 aliphatic heterocycles. The quantitative estimate of drug-likeness (QED) is 0.0173. The topological polar surface area (TPSA) is 598 Å². The van der Waals surface area contributed by atoms with Gasteiger partial charge in [-0.25, -0.2) is 0 Å². The van der Waals surface area contributed by atoms with Crippen LogP contribution in [-0.4, -0.2) is 225 Å². The Balaban J connectivity index is -0.000000798. The zero-order valence-electron chi connectivity index (χ0n) is 101. The molecule has 5 rings (SSSR count). The fourth-order valence-corrected chi connectivity index (χ4v) is 17.1. The van der Waals surface area contributed by atoms with Crippen molar-refractivity contribution < 1.29 is 103 Å². The first-order chi connectivity index (χ1) is 65.7. The largest absolute Gasteiger partial charge is 0.497 e. The van der Waals surface area contributed by atoms with Gasteiger partial charge in [-0.3, -0.25) is 43.2 Å². The minimum absolute atomic E-state index is 0.0412. The molecular formula is C119H209N9O21. The molecule has 856 valence electrons. The summed E-state index contributed by atoms with van der Waals surface area (Å²) in [5.41, 5.74) is 39.2. The molecule has 0 bridgehead atoms. The third-order valence-electron chi connectivity index (χ3n) is 25.2. The van der Waals surface area contributed by atoms with E-state index < -0.39 is 130 Å². The van der Waals surface area contributed by atoms with Crippen molar-refractivity contribution in [2.24, 2.45) is 104 Å². The zero-order valence-corrected chi connectivity index (χ0v) is 101. The maximum absolute atomic E-state index is 12.7. The summed E-state index contributed by atoms with van der Waals surface area (Å²) in [7, 11) is 3.08. The summed E-state index contributed by atoms with van der Waals surface area (Å²) >= 11 is 0. The van der Waals surface area contributed by atoms with Crippen LogP contribution in [0.15, 0.2) is 121 Å². The fraction of sp³-hybridized carbons (Fsp3) is 0.689. The average Bonchev–Trinajstić information content (AvgIpc) is 0.769. The van der Waals surface area contributed by atoms with Crippen LogP contribution in [0.2, 0.25) is 0 Å². The second-order valence-corrected chi connectivity index (χ2v) is 52.4. The average molecular weight is 2100 g/mol. The van der Waals surface area contributed by atoms with E-state index in [9.17, 15) is 89.1 Å². The molecule has 0 aliphatic carbocycles. The summed E-state index contributed by atoms with van der Waals surface area (Å²) in [5, 5.41) is 90.4. The van der Waals surface area contributed by atoms with Gasteiger partial charge in [0.1, 0.15) is 61.9 Å². The first-order valence-corrected chi connectivity index (χ1v) is 51.6. The van der Waals surface area contributed by atoms with E-state index in [2.05, 4.69) is 0 Å². The molecule has 0 fully saturated rings. The summed E-state index contributed by atoms with van der Waals surface area (Å²) in [4.78, 5) is 110. The van der Waals surface area contributed by atoms with Gasteiger partial charge in [-0.1, -0.05) is 165 Å². The number of hydrogen-bond acceptors (Lipinski definition) is 30. The molecule has 1 unspecified atom stereocenters.